The molecule has 220 valence electrons. The van der Waals surface area contributed by atoms with Crippen molar-refractivity contribution in [2.45, 2.75) is 37.5 Å². The summed E-state index contributed by atoms with van der Waals surface area (Å²) in [5.41, 5.74) is 8.61. The molecule has 5 heterocycles. The number of hydrogen-bond acceptors (Lipinski definition) is 8. The molecule has 2 fully saturated rings. The topological polar surface area (TPSA) is 125 Å². The summed E-state index contributed by atoms with van der Waals surface area (Å²) in [5.74, 6) is 1.38. The van der Waals surface area contributed by atoms with Gasteiger partial charge in [-0.2, -0.15) is 13.2 Å². The van der Waals surface area contributed by atoms with Crippen molar-refractivity contribution in [1.29, 1.82) is 0 Å². The van der Waals surface area contributed by atoms with Crippen molar-refractivity contribution in [3.8, 4) is 11.3 Å². The van der Waals surface area contributed by atoms with Crippen molar-refractivity contribution < 1.29 is 23.1 Å². The molecule has 0 bridgehead atoms. The van der Waals surface area contributed by atoms with Crippen molar-refractivity contribution in [2.24, 2.45) is 0 Å². The zero-order valence-electron chi connectivity index (χ0n) is 22.8. The predicted molar refractivity (Wildman–Crippen MR) is 150 cm³/mol. The van der Waals surface area contributed by atoms with Crippen LogP contribution in [0.25, 0.3) is 16.8 Å². The molecule has 0 saturated carbocycles. The summed E-state index contributed by atoms with van der Waals surface area (Å²) in [4.78, 5) is 30.2. The Bertz CT molecular complexity index is 1590. The molecule has 10 nitrogen and oxygen atoms in total. The number of amides is 1. The number of carbonyl (C=O) groups is 1. The van der Waals surface area contributed by atoms with E-state index in [2.05, 4.69) is 15.3 Å². The highest BCUT2D eigenvalue weighted by Crippen LogP contribution is 2.36. The van der Waals surface area contributed by atoms with E-state index in [1.807, 2.05) is 44.7 Å². The van der Waals surface area contributed by atoms with Gasteiger partial charge in [-0.05, 0) is 30.5 Å². The van der Waals surface area contributed by atoms with Gasteiger partial charge in [-0.25, -0.2) is 15.0 Å². The molecule has 6 rings (SSSR count). The van der Waals surface area contributed by atoms with Gasteiger partial charge in [0.1, 0.15) is 28.7 Å². The Morgan fingerprint density at radius 3 is 2.64 bits per heavy atom. The van der Waals surface area contributed by atoms with E-state index in [1.165, 1.54) is 0 Å². The Labute approximate surface area is 240 Å². The maximum absolute atomic E-state index is 13.0. The monoisotopic (exact) mass is 580 g/mol. The molecular formula is C29H31F3N8O2. The summed E-state index contributed by atoms with van der Waals surface area (Å²) in [7, 11) is 0. The number of anilines is 2. The second-order valence-corrected chi connectivity index (χ2v) is 10.8. The highest BCUT2D eigenvalue weighted by Gasteiger charge is 2.39. The molecule has 1 aromatic carbocycles. The summed E-state index contributed by atoms with van der Waals surface area (Å²) in [6.45, 7) is 2.44. The number of halogens is 3. The quantitative estimate of drug-likeness (QED) is 0.304. The van der Waals surface area contributed by atoms with Crippen LogP contribution in [0.2, 0.25) is 0 Å². The van der Waals surface area contributed by atoms with Crippen molar-refractivity contribution in [3.05, 3.63) is 71.9 Å². The average molecular weight is 581 g/mol. The zero-order chi connectivity index (χ0) is 29.4. The molecular weight excluding hydrogens is 549 g/mol. The number of alkyl halides is 3. The molecule has 2 unspecified atom stereocenters. The first-order valence-corrected chi connectivity index (χ1v) is 13.8. The zero-order valence-corrected chi connectivity index (χ0v) is 22.8. The number of rotatable bonds is 7. The smallest absolute Gasteiger partial charge is 0.395 e. The lowest BCUT2D eigenvalue weighted by Gasteiger charge is -2.45. The first kappa shape index (κ1) is 27.9. The summed E-state index contributed by atoms with van der Waals surface area (Å²) in [5, 5.41) is 12.2. The van der Waals surface area contributed by atoms with Gasteiger partial charge in [0.15, 0.2) is 0 Å². The minimum absolute atomic E-state index is 0.0149. The molecule has 3 aromatic heterocycles. The van der Waals surface area contributed by atoms with Crippen molar-refractivity contribution in [3.63, 3.8) is 0 Å². The number of nitrogens with zero attached hydrogens (tertiary/aromatic N) is 6. The van der Waals surface area contributed by atoms with E-state index in [4.69, 9.17) is 10.7 Å². The molecule has 4 aromatic rings. The Balaban J connectivity index is 1.22. The number of aliphatic hydroxyl groups is 1. The number of aromatic nitrogens is 4. The van der Waals surface area contributed by atoms with Crippen LogP contribution in [0, 0.1) is 0 Å². The van der Waals surface area contributed by atoms with Gasteiger partial charge in [-0.15, -0.1) is 0 Å². The number of β-amino-alcohol motifs (C(OH)–C–C–N with tert-alkyl or cyclic N) is 1. The Kier molecular flexibility index (Phi) is 7.45. The number of piperidine rings is 1. The molecule has 1 amide bonds. The summed E-state index contributed by atoms with van der Waals surface area (Å²) in [6, 6.07) is 9.60. The lowest BCUT2D eigenvalue weighted by Crippen LogP contribution is -2.59. The largest absolute Gasteiger partial charge is 0.416 e. The fourth-order valence-electron chi connectivity index (χ4n) is 5.94. The van der Waals surface area contributed by atoms with Gasteiger partial charge in [0, 0.05) is 62.3 Å². The Morgan fingerprint density at radius 2 is 1.88 bits per heavy atom. The third kappa shape index (κ3) is 5.49. The summed E-state index contributed by atoms with van der Waals surface area (Å²) in [6.07, 6.45) is 1.87. The lowest BCUT2D eigenvalue weighted by molar-refractivity contribution is -0.142. The van der Waals surface area contributed by atoms with Crippen LogP contribution in [0.4, 0.5) is 24.8 Å². The van der Waals surface area contributed by atoms with Crippen LogP contribution in [0.5, 0.6) is 0 Å². The van der Waals surface area contributed by atoms with Crippen molar-refractivity contribution >= 4 is 23.1 Å². The molecule has 2 saturated heterocycles. The van der Waals surface area contributed by atoms with Gasteiger partial charge < -0.3 is 21.1 Å². The number of nitrogens with two attached hydrogens (primary N) is 1. The Hall–Kier alpha value is -4.23. The van der Waals surface area contributed by atoms with Crippen LogP contribution in [-0.4, -0.2) is 79.0 Å². The fraction of sp³-hybridized carbons (Fsp3) is 0.379. The molecule has 0 radical (unpaired) electrons. The first-order chi connectivity index (χ1) is 20.2. The maximum atomic E-state index is 13.0. The van der Waals surface area contributed by atoms with Crippen molar-refractivity contribution in [1.82, 2.24) is 29.2 Å². The van der Waals surface area contributed by atoms with Gasteiger partial charge in [-0.3, -0.25) is 14.1 Å². The molecule has 0 aliphatic carbocycles. The van der Waals surface area contributed by atoms with Crippen LogP contribution in [-0.2, 0) is 17.5 Å². The number of pyridine rings is 1. The number of aliphatic hydroxyl groups excluding tert-OH is 1. The van der Waals surface area contributed by atoms with Gasteiger partial charge in [-0.1, -0.05) is 24.3 Å². The van der Waals surface area contributed by atoms with E-state index in [9.17, 15) is 23.1 Å². The van der Waals surface area contributed by atoms with Gasteiger partial charge in [0.25, 0.3) is 0 Å². The number of imidazole rings is 1. The molecule has 2 atom stereocenters. The maximum Gasteiger partial charge on any atom is 0.416 e. The second kappa shape index (κ2) is 11.2. The third-order valence-corrected chi connectivity index (χ3v) is 8.03. The van der Waals surface area contributed by atoms with E-state index in [0.29, 0.717) is 36.7 Å². The minimum atomic E-state index is -4.44. The third-order valence-electron chi connectivity index (χ3n) is 8.03. The highest BCUT2D eigenvalue weighted by molar-refractivity contribution is 5.85. The SMILES string of the molecule is Nc1nccn2c(C3CCC4CN(CCO)CC(=O)N4C3)nc(-c3ccc(CNc4cc(C(F)(F)F)ccn4)cc3)c12. The molecule has 42 heavy (non-hydrogen) atoms. The van der Waals surface area contributed by atoms with Crippen LogP contribution in [0.15, 0.2) is 55.0 Å². The normalized spacial score (nSPS) is 19.7. The highest BCUT2D eigenvalue weighted by atomic mass is 19.4. The predicted octanol–water partition coefficient (Wildman–Crippen LogP) is 3.39. The second-order valence-electron chi connectivity index (χ2n) is 10.8. The van der Waals surface area contributed by atoms with Gasteiger partial charge >= 0.3 is 6.18 Å². The lowest BCUT2D eigenvalue weighted by atomic mass is 9.90. The van der Waals surface area contributed by atoms with E-state index < -0.39 is 11.7 Å². The van der Waals surface area contributed by atoms with Crippen LogP contribution in [0.1, 0.15) is 35.7 Å². The van der Waals surface area contributed by atoms with Crippen molar-refractivity contribution in [2.75, 3.05) is 43.8 Å². The molecule has 2 aliphatic rings. The number of nitrogens with one attached hydrogen (secondary N) is 1. The number of fused-ring (bicyclic) bond motifs is 2. The van der Waals surface area contributed by atoms with Crippen LogP contribution in [0.3, 0.4) is 0 Å². The fourth-order valence-corrected chi connectivity index (χ4v) is 5.94. The summed E-state index contributed by atoms with van der Waals surface area (Å²) < 4.78 is 41.0. The Morgan fingerprint density at radius 1 is 1.07 bits per heavy atom. The van der Waals surface area contributed by atoms with E-state index in [-0.39, 0.29) is 36.8 Å². The van der Waals surface area contributed by atoms with E-state index in [1.54, 1.807) is 6.20 Å². The number of benzene rings is 1. The van der Waals surface area contributed by atoms with Crippen LogP contribution >= 0.6 is 0 Å². The van der Waals surface area contributed by atoms with Gasteiger partial charge in [0.05, 0.1) is 18.7 Å². The number of hydrogen-bond donors (Lipinski definition) is 3. The summed E-state index contributed by atoms with van der Waals surface area (Å²) >= 11 is 0. The average Bonchev–Trinajstić information content (AvgIpc) is 3.37. The van der Waals surface area contributed by atoms with E-state index in [0.717, 1.165) is 54.7 Å². The van der Waals surface area contributed by atoms with E-state index >= 15 is 0 Å². The molecule has 0 spiro atoms. The molecule has 2 aliphatic heterocycles. The first-order valence-electron chi connectivity index (χ1n) is 13.8. The minimum Gasteiger partial charge on any atom is -0.395 e. The molecule has 4 N–H and O–H groups in total. The molecule has 13 heteroatoms. The number of nitrogen functional groups attached to an aromatic ring is 1. The number of piperazine rings is 1. The van der Waals surface area contributed by atoms with Gasteiger partial charge in [0.2, 0.25) is 5.91 Å². The standard InChI is InChI=1S/C29H31F3N8O2/c30-29(31,32)21-7-8-34-23(13-21)36-14-18-1-3-19(4-2-18)25-26-27(33)35-9-10-39(26)28(37-25)20-5-6-22-16-38(11-12-41)17-24(42)40(22)15-20/h1-4,7-10,13,20,22,41H,5-6,11-12,14-17H2,(H2,33,35)(H,34,36). The number of carbonyl (C=O) groups excluding carboxylic acids is 1. The van der Waals surface area contributed by atoms with Crippen LogP contribution < -0.4 is 11.1 Å².